The predicted octanol–water partition coefficient (Wildman–Crippen LogP) is 7.27. The standard InChI is InChI=1S/C42H48N6O7S2/c1-27(2)38(48-42(53)55-26-35-33-13-5-3-11-31(33)32-12-4-6-14-34(32)35)36(49)24-29(10-9-21-45-40(43)51)39(50)47-30-18-16-28(17-19-30)25-54-41(52)46-22-23-56-57-37-15-7-8-20-44-37/h3-8,11-20,27,29,35,38H,9-10,21-26H2,1-2H3,(H,46,52)(H,47,50)(H,48,53)(H3,43,45,51)/t29-,38+/m1/s1. The van der Waals surface area contributed by atoms with Crippen molar-refractivity contribution in [2.75, 3.05) is 30.8 Å². The number of nitrogens with one attached hydrogen (secondary N) is 4. The number of hydrogen-bond donors (Lipinski definition) is 5. The van der Waals surface area contributed by atoms with Gasteiger partial charge in [0.05, 0.1) is 6.04 Å². The van der Waals surface area contributed by atoms with Crippen LogP contribution in [0.4, 0.5) is 20.1 Å². The highest BCUT2D eigenvalue weighted by Gasteiger charge is 2.32. The molecule has 0 bridgehead atoms. The van der Waals surface area contributed by atoms with Gasteiger partial charge in [-0.25, -0.2) is 19.4 Å². The summed E-state index contributed by atoms with van der Waals surface area (Å²) in [5, 5.41) is 11.8. The Balaban J connectivity index is 1.11. The highest BCUT2D eigenvalue weighted by Crippen LogP contribution is 2.44. The SMILES string of the molecule is CC(C)[C@H](NC(=O)OCC1c2ccccc2-c2ccccc21)C(=O)C[C@@H](CCCNC(N)=O)C(=O)Nc1ccc(COC(=O)NCCSSc2ccccn2)cc1. The van der Waals surface area contributed by atoms with Gasteiger partial charge in [0.1, 0.15) is 18.2 Å². The van der Waals surface area contributed by atoms with Crippen LogP contribution >= 0.6 is 21.6 Å². The second-order valence-corrected chi connectivity index (χ2v) is 16.2. The third-order valence-electron chi connectivity index (χ3n) is 9.31. The Kier molecular flexibility index (Phi) is 16.2. The monoisotopic (exact) mass is 812 g/mol. The Labute approximate surface area is 340 Å². The molecule has 0 saturated carbocycles. The minimum atomic E-state index is -0.902. The molecule has 0 saturated heterocycles. The fourth-order valence-electron chi connectivity index (χ4n) is 6.46. The number of alkyl carbamates (subject to hydrolysis) is 2. The summed E-state index contributed by atoms with van der Waals surface area (Å²) in [6, 6.07) is 27.0. The van der Waals surface area contributed by atoms with Gasteiger partial charge < -0.3 is 36.5 Å². The molecule has 0 aliphatic heterocycles. The number of fused-ring (bicyclic) bond motifs is 3. The van der Waals surface area contributed by atoms with Crippen LogP contribution in [0.3, 0.4) is 0 Å². The minimum Gasteiger partial charge on any atom is -0.449 e. The molecule has 15 heteroatoms. The lowest BCUT2D eigenvalue weighted by atomic mass is 9.89. The molecule has 1 heterocycles. The van der Waals surface area contributed by atoms with E-state index in [1.54, 1.807) is 41.3 Å². The molecule has 0 unspecified atom stereocenters. The van der Waals surface area contributed by atoms with E-state index < -0.39 is 36.1 Å². The Hall–Kier alpha value is -5.54. The van der Waals surface area contributed by atoms with Crippen LogP contribution in [0.25, 0.3) is 11.1 Å². The van der Waals surface area contributed by atoms with Crippen LogP contribution in [0.5, 0.6) is 0 Å². The number of nitrogens with two attached hydrogens (primary N) is 1. The van der Waals surface area contributed by atoms with Gasteiger partial charge in [-0.2, -0.15) is 0 Å². The number of ketones is 1. The molecule has 300 valence electrons. The topological polar surface area (TPSA) is 191 Å². The molecule has 3 aromatic carbocycles. The molecule has 13 nitrogen and oxygen atoms in total. The van der Waals surface area contributed by atoms with Gasteiger partial charge in [-0.1, -0.05) is 91.4 Å². The highest BCUT2D eigenvalue weighted by atomic mass is 33.1. The van der Waals surface area contributed by atoms with E-state index in [0.29, 0.717) is 30.0 Å². The molecule has 1 aromatic heterocycles. The van der Waals surface area contributed by atoms with E-state index in [9.17, 15) is 24.0 Å². The average molecular weight is 813 g/mol. The maximum absolute atomic E-state index is 13.8. The predicted molar refractivity (Wildman–Crippen MR) is 223 cm³/mol. The van der Waals surface area contributed by atoms with Crippen molar-refractivity contribution in [3.05, 3.63) is 114 Å². The summed E-state index contributed by atoms with van der Waals surface area (Å²) >= 11 is 0. The number of urea groups is 1. The first-order chi connectivity index (χ1) is 27.6. The van der Waals surface area contributed by atoms with Crippen molar-refractivity contribution < 1.29 is 33.4 Å². The van der Waals surface area contributed by atoms with Crippen LogP contribution in [-0.4, -0.2) is 66.4 Å². The second-order valence-electron chi connectivity index (χ2n) is 13.8. The highest BCUT2D eigenvalue weighted by molar-refractivity contribution is 8.76. The molecule has 5 rings (SSSR count). The number of pyridine rings is 1. The molecular weight excluding hydrogens is 765 g/mol. The second kappa shape index (κ2) is 21.7. The molecule has 0 spiro atoms. The first-order valence-electron chi connectivity index (χ1n) is 18.8. The summed E-state index contributed by atoms with van der Waals surface area (Å²) < 4.78 is 11.0. The van der Waals surface area contributed by atoms with Crippen molar-refractivity contribution in [2.24, 2.45) is 17.6 Å². The van der Waals surface area contributed by atoms with Crippen LogP contribution in [0.15, 0.2) is 102 Å². The number of primary amides is 1. The molecule has 1 aliphatic rings. The van der Waals surface area contributed by atoms with Crippen LogP contribution in [-0.2, 0) is 25.7 Å². The number of hydrogen-bond acceptors (Lipinski definition) is 10. The van der Waals surface area contributed by atoms with Crippen molar-refractivity contribution in [3.8, 4) is 11.1 Å². The first-order valence-corrected chi connectivity index (χ1v) is 21.1. The summed E-state index contributed by atoms with van der Waals surface area (Å²) in [6.45, 7) is 4.42. The van der Waals surface area contributed by atoms with Crippen LogP contribution in [0.2, 0.25) is 0 Å². The van der Waals surface area contributed by atoms with Gasteiger partial charge in [-0.15, -0.1) is 0 Å². The molecule has 1 aliphatic carbocycles. The Morgan fingerprint density at radius 2 is 1.49 bits per heavy atom. The maximum Gasteiger partial charge on any atom is 0.407 e. The zero-order chi connectivity index (χ0) is 40.6. The Morgan fingerprint density at radius 1 is 0.807 bits per heavy atom. The fourth-order valence-corrected chi connectivity index (χ4v) is 8.25. The van der Waals surface area contributed by atoms with Crippen molar-refractivity contribution in [2.45, 2.75) is 56.7 Å². The zero-order valence-corrected chi connectivity index (χ0v) is 33.5. The summed E-state index contributed by atoms with van der Waals surface area (Å²) in [5.74, 6) is -1.24. The van der Waals surface area contributed by atoms with Gasteiger partial charge in [0.25, 0.3) is 0 Å². The lowest BCUT2D eigenvalue weighted by Gasteiger charge is -2.24. The lowest BCUT2D eigenvalue weighted by molar-refractivity contribution is -0.128. The first kappa shape index (κ1) is 42.6. The molecule has 57 heavy (non-hydrogen) atoms. The van der Waals surface area contributed by atoms with Gasteiger partial charge >= 0.3 is 18.2 Å². The van der Waals surface area contributed by atoms with E-state index in [-0.39, 0.29) is 50.2 Å². The normalized spacial score (nSPS) is 12.8. The van der Waals surface area contributed by atoms with E-state index in [0.717, 1.165) is 27.3 Å². The number of amides is 5. The molecule has 6 N–H and O–H groups in total. The number of ether oxygens (including phenoxy) is 2. The maximum atomic E-state index is 13.8. The number of Topliss-reactive ketones (excluding diaryl/α,β-unsaturated/α-hetero) is 1. The number of aromatic nitrogens is 1. The van der Waals surface area contributed by atoms with Gasteiger partial charge in [0, 0.05) is 49.0 Å². The summed E-state index contributed by atoms with van der Waals surface area (Å²) in [6.07, 6.45) is 0.980. The van der Waals surface area contributed by atoms with Crippen LogP contribution in [0.1, 0.15) is 55.7 Å². The van der Waals surface area contributed by atoms with Gasteiger partial charge in [-0.3, -0.25) is 9.59 Å². The molecular formula is C42H48N6O7S2. The van der Waals surface area contributed by atoms with Gasteiger partial charge in [0.15, 0.2) is 5.78 Å². The van der Waals surface area contributed by atoms with Gasteiger partial charge in [0.2, 0.25) is 5.91 Å². The zero-order valence-electron chi connectivity index (χ0n) is 31.9. The number of carbonyl (C=O) groups excluding carboxylic acids is 5. The lowest BCUT2D eigenvalue weighted by Crippen LogP contribution is -2.46. The van der Waals surface area contributed by atoms with Crippen LogP contribution in [0, 0.1) is 11.8 Å². The third-order valence-corrected chi connectivity index (χ3v) is 11.6. The largest absolute Gasteiger partial charge is 0.449 e. The smallest absolute Gasteiger partial charge is 0.407 e. The summed E-state index contributed by atoms with van der Waals surface area (Å²) in [7, 11) is 3.11. The third kappa shape index (κ3) is 13.0. The quantitative estimate of drug-likeness (QED) is 0.0448. The van der Waals surface area contributed by atoms with E-state index in [1.807, 2.05) is 68.4 Å². The van der Waals surface area contributed by atoms with Crippen LogP contribution < -0.4 is 27.0 Å². The molecule has 4 aromatic rings. The number of nitrogens with zero attached hydrogens (tertiary/aromatic N) is 1. The average Bonchev–Trinajstić information content (AvgIpc) is 3.53. The minimum absolute atomic E-state index is 0.0349. The van der Waals surface area contributed by atoms with E-state index in [2.05, 4.69) is 38.4 Å². The number of rotatable bonds is 20. The number of benzene rings is 3. The van der Waals surface area contributed by atoms with E-state index in [4.69, 9.17) is 15.2 Å². The molecule has 2 atom stereocenters. The Morgan fingerprint density at radius 3 is 2.14 bits per heavy atom. The van der Waals surface area contributed by atoms with E-state index >= 15 is 0 Å². The molecule has 0 radical (unpaired) electrons. The summed E-state index contributed by atoms with van der Waals surface area (Å²) in [5.41, 5.74) is 10.8. The van der Waals surface area contributed by atoms with Crippen molar-refractivity contribution in [3.63, 3.8) is 0 Å². The number of carbonyl (C=O) groups is 5. The molecule has 0 fully saturated rings. The van der Waals surface area contributed by atoms with Crippen molar-refractivity contribution >= 4 is 57.2 Å². The molecule has 5 amide bonds. The Bertz CT molecular complexity index is 1940. The summed E-state index contributed by atoms with van der Waals surface area (Å²) in [4.78, 5) is 68.2. The van der Waals surface area contributed by atoms with E-state index in [1.165, 1.54) is 10.8 Å². The van der Waals surface area contributed by atoms with Crippen molar-refractivity contribution in [1.29, 1.82) is 0 Å². The van der Waals surface area contributed by atoms with Gasteiger partial charge in [-0.05, 0) is 81.6 Å². The number of anilines is 1. The van der Waals surface area contributed by atoms with Crippen molar-refractivity contribution in [1.82, 2.24) is 20.9 Å². The fraction of sp³-hybridized carbons (Fsp3) is 0.333.